The Kier molecular flexibility index (Phi) is 7.04. The molecule has 2 saturated heterocycles. The molecule has 1 aromatic rings. The number of hydrogen-bond donors (Lipinski definition) is 1. The summed E-state index contributed by atoms with van der Waals surface area (Å²) in [7, 11) is 3.53. The minimum Gasteiger partial charge on any atom is -0.378 e. The first-order valence-electron chi connectivity index (χ1n) is 10.00. The Morgan fingerprint density at radius 3 is 2.57 bits per heavy atom. The molecular formula is C21H31N3O4. The van der Waals surface area contributed by atoms with E-state index in [1.165, 1.54) is 5.56 Å². The largest absolute Gasteiger partial charge is 0.378 e. The summed E-state index contributed by atoms with van der Waals surface area (Å²) in [6, 6.07) is 9.84. The van der Waals surface area contributed by atoms with Crippen molar-refractivity contribution in [2.75, 3.05) is 53.6 Å². The van der Waals surface area contributed by atoms with Crippen LogP contribution < -0.4 is 5.32 Å². The van der Waals surface area contributed by atoms with Crippen molar-refractivity contribution in [3.8, 4) is 0 Å². The zero-order chi connectivity index (χ0) is 20.0. The van der Waals surface area contributed by atoms with E-state index in [1.54, 1.807) is 7.11 Å². The molecule has 154 valence electrons. The lowest BCUT2D eigenvalue weighted by Gasteiger charge is -2.42. The van der Waals surface area contributed by atoms with Crippen LogP contribution in [0.2, 0.25) is 0 Å². The fourth-order valence-electron chi connectivity index (χ4n) is 3.90. The van der Waals surface area contributed by atoms with Crippen LogP contribution in [0.1, 0.15) is 18.4 Å². The molecule has 7 nitrogen and oxygen atoms in total. The van der Waals surface area contributed by atoms with Gasteiger partial charge >= 0.3 is 0 Å². The van der Waals surface area contributed by atoms with Gasteiger partial charge in [-0.15, -0.1) is 0 Å². The zero-order valence-electron chi connectivity index (χ0n) is 16.9. The third kappa shape index (κ3) is 4.71. The molecule has 2 fully saturated rings. The van der Waals surface area contributed by atoms with E-state index in [4.69, 9.17) is 9.47 Å². The number of ether oxygens (including phenoxy) is 2. The van der Waals surface area contributed by atoms with E-state index in [2.05, 4.69) is 5.32 Å². The number of amides is 2. The second-order valence-electron chi connectivity index (χ2n) is 7.59. The van der Waals surface area contributed by atoms with Gasteiger partial charge in [-0.1, -0.05) is 30.3 Å². The Morgan fingerprint density at radius 2 is 1.93 bits per heavy atom. The smallest absolute Gasteiger partial charge is 0.252 e. The van der Waals surface area contributed by atoms with Gasteiger partial charge < -0.3 is 19.7 Å². The molecule has 3 rings (SSSR count). The lowest BCUT2D eigenvalue weighted by Crippen LogP contribution is -2.59. The van der Waals surface area contributed by atoms with E-state index < -0.39 is 5.60 Å². The summed E-state index contributed by atoms with van der Waals surface area (Å²) in [6.07, 6.45) is 1.79. The van der Waals surface area contributed by atoms with Crippen LogP contribution in [0.3, 0.4) is 0 Å². The molecule has 2 aliphatic rings. The third-order valence-electron chi connectivity index (χ3n) is 5.91. The van der Waals surface area contributed by atoms with Gasteiger partial charge in [-0.2, -0.15) is 0 Å². The standard InChI is InChI=1S/C21H31N3O4/c1-23-14-15-28-16-18(23)19(25)24-12-9-21(27-2,10-13-24)20(26)22-11-8-17-6-4-3-5-7-17/h3-7,18H,8-16H2,1-2H3,(H,22,26)/t18-/m1/s1. The van der Waals surface area contributed by atoms with Crippen LogP contribution in [0.4, 0.5) is 0 Å². The van der Waals surface area contributed by atoms with Crippen molar-refractivity contribution in [1.82, 2.24) is 15.1 Å². The van der Waals surface area contributed by atoms with Gasteiger partial charge in [0.05, 0.1) is 13.2 Å². The molecule has 1 N–H and O–H groups in total. The number of benzene rings is 1. The predicted molar refractivity (Wildman–Crippen MR) is 106 cm³/mol. The van der Waals surface area contributed by atoms with E-state index in [0.717, 1.165) is 13.0 Å². The molecule has 0 bridgehead atoms. The number of likely N-dealkylation sites (N-methyl/N-ethyl adjacent to an activating group) is 1. The molecule has 0 saturated carbocycles. The monoisotopic (exact) mass is 389 g/mol. The summed E-state index contributed by atoms with van der Waals surface area (Å²) in [5.41, 5.74) is 0.330. The van der Waals surface area contributed by atoms with E-state index in [9.17, 15) is 9.59 Å². The highest BCUT2D eigenvalue weighted by Crippen LogP contribution is 2.27. The van der Waals surface area contributed by atoms with E-state index in [-0.39, 0.29) is 17.9 Å². The van der Waals surface area contributed by atoms with Crippen LogP contribution in [0, 0.1) is 0 Å². The summed E-state index contributed by atoms with van der Waals surface area (Å²) in [4.78, 5) is 29.5. The summed E-state index contributed by atoms with van der Waals surface area (Å²) in [5.74, 6) is -0.00691. The predicted octanol–water partition coefficient (Wildman–Crippen LogP) is 0.684. The number of nitrogens with zero attached hydrogens (tertiary/aromatic N) is 2. The molecule has 0 spiro atoms. The van der Waals surface area contributed by atoms with Gasteiger partial charge in [0.15, 0.2) is 0 Å². The lowest BCUT2D eigenvalue weighted by atomic mass is 9.89. The second kappa shape index (κ2) is 9.49. The molecule has 1 atom stereocenters. The average molecular weight is 389 g/mol. The lowest BCUT2D eigenvalue weighted by molar-refractivity contribution is -0.157. The van der Waals surface area contributed by atoms with Crippen LogP contribution in [-0.4, -0.2) is 86.8 Å². The first kappa shape index (κ1) is 20.8. The second-order valence-corrected chi connectivity index (χ2v) is 7.59. The molecule has 2 heterocycles. The van der Waals surface area contributed by atoms with Crippen molar-refractivity contribution >= 4 is 11.8 Å². The van der Waals surface area contributed by atoms with Gasteiger partial charge in [0.2, 0.25) is 5.91 Å². The molecule has 28 heavy (non-hydrogen) atoms. The molecule has 2 aliphatic heterocycles. The number of carbonyl (C=O) groups excluding carboxylic acids is 2. The van der Waals surface area contributed by atoms with E-state index >= 15 is 0 Å². The molecule has 0 unspecified atom stereocenters. The molecule has 0 radical (unpaired) electrons. The normalized spacial score (nSPS) is 22.6. The minimum atomic E-state index is -0.859. The number of carbonyl (C=O) groups is 2. The summed E-state index contributed by atoms with van der Waals surface area (Å²) >= 11 is 0. The minimum absolute atomic E-state index is 0.0800. The van der Waals surface area contributed by atoms with Crippen molar-refractivity contribution < 1.29 is 19.1 Å². The summed E-state index contributed by atoms with van der Waals surface area (Å²) < 4.78 is 11.1. The zero-order valence-corrected chi connectivity index (χ0v) is 16.9. The van der Waals surface area contributed by atoms with Crippen LogP contribution >= 0.6 is 0 Å². The van der Waals surface area contributed by atoms with Gasteiger partial charge in [0.1, 0.15) is 11.6 Å². The maximum absolute atomic E-state index is 12.8. The first-order chi connectivity index (χ1) is 13.6. The molecular weight excluding hydrogens is 358 g/mol. The Labute approximate surface area is 167 Å². The molecule has 0 aliphatic carbocycles. The first-order valence-corrected chi connectivity index (χ1v) is 10.00. The van der Waals surface area contributed by atoms with Crippen LogP contribution in [0.25, 0.3) is 0 Å². The Morgan fingerprint density at radius 1 is 1.21 bits per heavy atom. The molecule has 0 aromatic heterocycles. The number of hydrogen-bond acceptors (Lipinski definition) is 5. The molecule has 2 amide bonds. The topological polar surface area (TPSA) is 71.1 Å². The van der Waals surface area contributed by atoms with Gasteiger partial charge in [0, 0.05) is 46.1 Å². The number of nitrogens with one attached hydrogen (secondary N) is 1. The fraction of sp³-hybridized carbons (Fsp3) is 0.619. The fourth-order valence-corrected chi connectivity index (χ4v) is 3.90. The van der Waals surface area contributed by atoms with Crippen LogP contribution in [-0.2, 0) is 25.5 Å². The Balaban J connectivity index is 1.51. The van der Waals surface area contributed by atoms with Crippen molar-refractivity contribution in [1.29, 1.82) is 0 Å². The van der Waals surface area contributed by atoms with Crippen molar-refractivity contribution in [2.24, 2.45) is 0 Å². The van der Waals surface area contributed by atoms with Crippen molar-refractivity contribution in [2.45, 2.75) is 30.9 Å². The highest BCUT2D eigenvalue weighted by Gasteiger charge is 2.43. The molecule has 7 heteroatoms. The van der Waals surface area contributed by atoms with Crippen LogP contribution in [0.5, 0.6) is 0 Å². The summed E-state index contributed by atoms with van der Waals surface area (Å²) in [5, 5.41) is 3.01. The Hall–Kier alpha value is -1.96. The van der Waals surface area contributed by atoms with Crippen LogP contribution in [0.15, 0.2) is 30.3 Å². The quantitative estimate of drug-likeness (QED) is 0.775. The SMILES string of the molecule is COC1(C(=O)NCCc2ccccc2)CCN(C(=O)[C@H]2COCCN2C)CC1. The maximum atomic E-state index is 12.8. The Bertz CT molecular complexity index is 659. The third-order valence-corrected chi connectivity index (χ3v) is 5.91. The average Bonchev–Trinajstić information content (AvgIpc) is 2.74. The number of likely N-dealkylation sites (tertiary alicyclic amines) is 1. The van der Waals surface area contributed by atoms with Gasteiger partial charge in [0.25, 0.3) is 5.91 Å². The number of methoxy groups -OCH3 is 1. The molecule has 1 aromatic carbocycles. The maximum Gasteiger partial charge on any atom is 0.252 e. The van der Waals surface area contributed by atoms with E-state index in [0.29, 0.717) is 45.7 Å². The highest BCUT2D eigenvalue weighted by molar-refractivity contribution is 5.86. The van der Waals surface area contributed by atoms with E-state index in [1.807, 2.05) is 47.2 Å². The summed E-state index contributed by atoms with van der Waals surface area (Å²) in [6.45, 7) is 3.46. The number of piperidine rings is 1. The van der Waals surface area contributed by atoms with Gasteiger partial charge in [-0.3, -0.25) is 14.5 Å². The highest BCUT2D eigenvalue weighted by atomic mass is 16.5. The number of morpholine rings is 1. The van der Waals surface area contributed by atoms with Gasteiger partial charge in [-0.05, 0) is 19.0 Å². The number of rotatable bonds is 6. The van der Waals surface area contributed by atoms with Crippen molar-refractivity contribution in [3.63, 3.8) is 0 Å². The van der Waals surface area contributed by atoms with Gasteiger partial charge in [-0.25, -0.2) is 0 Å². The van der Waals surface area contributed by atoms with Crippen molar-refractivity contribution in [3.05, 3.63) is 35.9 Å².